The maximum absolute atomic E-state index is 12.6. The average molecular weight is 419 g/mol. The number of carbonyl (C=O) groups excluding carboxylic acids is 1. The molecule has 3 aromatic rings. The Balaban J connectivity index is 0.00000140. The second-order valence-electron chi connectivity index (χ2n) is 6.72. The van der Waals surface area contributed by atoms with Crippen LogP contribution in [-0.4, -0.2) is 46.7 Å². The average Bonchev–Trinajstić information content (AvgIpc) is 3.09. The molecule has 1 fully saturated rings. The lowest BCUT2D eigenvalue weighted by atomic mass is 10.1. The SMILES string of the molecule is C[C@H]1CN(C(=O)c2ccc(/C=C/c3n[nH]c4ccccc34)cc2)CCN1.Cl.Cl. The molecular weight excluding hydrogens is 395 g/mol. The number of rotatable bonds is 3. The van der Waals surface area contributed by atoms with Crippen LogP contribution in [0, 0.1) is 0 Å². The van der Waals surface area contributed by atoms with Crippen molar-refractivity contribution in [3.8, 4) is 0 Å². The Kier molecular flexibility index (Phi) is 7.63. The molecule has 1 amide bonds. The van der Waals surface area contributed by atoms with Gasteiger partial charge in [-0.1, -0.05) is 36.4 Å². The summed E-state index contributed by atoms with van der Waals surface area (Å²) in [5, 5.41) is 11.8. The van der Waals surface area contributed by atoms with E-state index in [1.165, 1.54) is 0 Å². The van der Waals surface area contributed by atoms with Gasteiger partial charge in [-0.3, -0.25) is 9.89 Å². The topological polar surface area (TPSA) is 61.0 Å². The number of halogens is 2. The number of nitrogens with one attached hydrogen (secondary N) is 2. The number of piperazine rings is 1. The second kappa shape index (κ2) is 9.73. The number of H-pyrrole nitrogens is 1. The number of hydrogen-bond donors (Lipinski definition) is 2. The highest BCUT2D eigenvalue weighted by molar-refractivity contribution is 5.95. The summed E-state index contributed by atoms with van der Waals surface area (Å²) in [6.07, 6.45) is 4.01. The number of benzene rings is 2. The van der Waals surface area contributed by atoms with E-state index in [1.54, 1.807) is 0 Å². The Morgan fingerprint density at radius 3 is 2.61 bits per heavy atom. The lowest BCUT2D eigenvalue weighted by Crippen LogP contribution is -2.51. The van der Waals surface area contributed by atoms with Crippen molar-refractivity contribution < 1.29 is 4.79 Å². The maximum Gasteiger partial charge on any atom is 0.253 e. The molecule has 0 bridgehead atoms. The monoisotopic (exact) mass is 418 g/mol. The Morgan fingerprint density at radius 1 is 1.11 bits per heavy atom. The van der Waals surface area contributed by atoms with Crippen molar-refractivity contribution in [3.05, 3.63) is 65.4 Å². The number of aromatic amines is 1. The molecule has 1 aromatic heterocycles. The fourth-order valence-corrected chi connectivity index (χ4v) is 3.32. The van der Waals surface area contributed by atoms with Crippen LogP contribution in [0.15, 0.2) is 48.5 Å². The summed E-state index contributed by atoms with van der Waals surface area (Å²) in [5.74, 6) is 0.104. The smallest absolute Gasteiger partial charge is 0.253 e. The summed E-state index contributed by atoms with van der Waals surface area (Å²) < 4.78 is 0. The van der Waals surface area contributed by atoms with Crippen molar-refractivity contribution in [2.75, 3.05) is 19.6 Å². The van der Waals surface area contributed by atoms with Crippen LogP contribution in [0.25, 0.3) is 23.1 Å². The van der Waals surface area contributed by atoms with Crippen molar-refractivity contribution >= 4 is 53.8 Å². The third-order valence-corrected chi connectivity index (χ3v) is 4.75. The fraction of sp³-hybridized carbons (Fsp3) is 0.238. The van der Waals surface area contributed by atoms with Crippen molar-refractivity contribution in [3.63, 3.8) is 0 Å². The van der Waals surface area contributed by atoms with Crippen LogP contribution in [0.4, 0.5) is 0 Å². The Bertz CT molecular complexity index is 952. The van der Waals surface area contributed by atoms with E-state index in [-0.39, 0.29) is 30.7 Å². The van der Waals surface area contributed by atoms with Crippen molar-refractivity contribution in [1.82, 2.24) is 20.4 Å². The van der Waals surface area contributed by atoms with Gasteiger partial charge in [0.25, 0.3) is 5.91 Å². The van der Waals surface area contributed by atoms with Crippen molar-refractivity contribution in [1.29, 1.82) is 0 Å². The lowest BCUT2D eigenvalue weighted by molar-refractivity contribution is 0.0709. The molecule has 5 nitrogen and oxygen atoms in total. The largest absolute Gasteiger partial charge is 0.336 e. The van der Waals surface area contributed by atoms with Crippen LogP contribution in [0.2, 0.25) is 0 Å². The highest BCUT2D eigenvalue weighted by Gasteiger charge is 2.21. The lowest BCUT2D eigenvalue weighted by Gasteiger charge is -2.32. The van der Waals surface area contributed by atoms with Crippen molar-refractivity contribution in [2.45, 2.75) is 13.0 Å². The number of fused-ring (bicyclic) bond motifs is 1. The first kappa shape index (κ1) is 22.0. The number of nitrogens with zero attached hydrogens (tertiary/aromatic N) is 2. The molecule has 1 atom stereocenters. The molecule has 1 aliphatic rings. The molecule has 0 aliphatic carbocycles. The van der Waals surface area contributed by atoms with Gasteiger partial charge in [0.1, 0.15) is 0 Å². The zero-order valence-corrected chi connectivity index (χ0v) is 17.2. The molecular formula is C21H24Cl2N4O. The Morgan fingerprint density at radius 2 is 1.86 bits per heavy atom. The molecule has 1 aliphatic heterocycles. The summed E-state index contributed by atoms with van der Waals surface area (Å²) in [7, 11) is 0. The van der Waals surface area contributed by atoms with Crippen molar-refractivity contribution in [2.24, 2.45) is 0 Å². The first-order valence-electron chi connectivity index (χ1n) is 8.94. The predicted molar refractivity (Wildman–Crippen MR) is 119 cm³/mol. The Hall–Kier alpha value is -2.34. The van der Waals surface area contributed by atoms with E-state index in [0.29, 0.717) is 6.04 Å². The van der Waals surface area contributed by atoms with Crippen LogP contribution in [0.1, 0.15) is 28.5 Å². The molecule has 0 radical (unpaired) electrons. The first-order chi connectivity index (χ1) is 12.7. The van der Waals surface area contributed by atoms with Gasteiger partial charge in [0, 0.05) is 36.6 Å². The van der Waals surface area contributed by atoms with Crippen LogP contribution < -0.4 is 5.32 Å². The molecule has 0 spiro atoms. The van der Waals surface area contributed by atoms with Gasteiger partial charge in [0.05, 0.1) is 11.2 Å². The number of aromatic nitrogens is 2. The van der Waals surface area contributed by atoms with Crippen LogP contribution >= 0.6 is 24.8 Å². The highest BCUT2D eigenvalue weighted by Crippen LogP contribution is 2.18. The zero-order chi connectivity index (χ0) is 17.9. The van der Waals surface area contributed by atoms with Gasteiger partial charge in [-0.2, -0.15) is 5.10 Å². The fourth-order valence-electron chi connectivity index (χ4n) is 3.32. The normalized spacial score (nSPS) is 16.6. The molecule has 0 saturated carbocycles. The van der Waals surface area contributed by atoms with Gasteiger partial charge < -0.3 is 10.2 Å². The third kappa shape index (κ3) is 4.73. The van der Waals surface area contributed by atoms with Crippen LogP contribution in [0.5, 0.6) is 0 Å². The van der Waals surface area contributed by atoms with E-state index in [4.69, 9.17) is 0 Å². The van der Waals surface area contributed by atoms with E-state index in [1.807, 2.05) is 59.5 Å². The number of amides is 1. The molecule has 4 rings (SSSR count). The summed E-state index contributed by atoms with van der Waals surface area (Å²) >= 11 is 0. The molecule has 28 heavy (non-hydrogen) atoms. The minimum atomic E-state index is 0. The molecule has 2 aromatic carbocycles. The van der Waals surface area contributed by atoms with E-state index in [9.17, 15) is 4.79 Å². The van der Waals surface area contributed by atoms with Crippen LogP contribution in [-0.2, 0) is 0 Å². The second-order valence-corrected chi connectivity index (χ2v) is 6.72. The van der Waals surface area contributed by atoms with E-state index in [2.05, 4.69) is 28.5 Å². The first-order valence-corrected chi connectivity index (χ1v) is 8.94. The standard InChI is InChI=1S/C21H22N4O.2ClH/c1-15-14-25(13-12-22-15)21(26)17-9-6-16(7-10-17)8-11-20-18-4-2-3-5-19(18)23-24-20;;/h2-11,15,22H,12-14H2,1H3,(H,23,24);2*1H/b11-8+;;/t15-;;/m0../s1. The number of para-hydroxylation sites is 1. The van der Waals surface area contributed by atoms with E-state index in [0.717, 1.165) is 47.4 Å². The summed E-state index contributed by atoms with van der Waals surface area (Å²) in [5.41, 5.74) is 3.72. The van der Waals surface area contributed by atoms with Gasteiger partial charge in [-0.05, 0) is 36.8 Å². The van der Waals surface area contributed by atoms with Gasteiger partial charge in [-0.25, -0.2) is 0 Å². The molecule has 1 saturated heterocycles. The third-order valence-electron chi connectivity index (χ3n) is 4.75. The number of carbonyl (C=O) groups is 1. The highest BCUT2D eigenvalue weighted by atomic mass is 35.5. The molecule has 0 unspecified atom stereocenters. The van der Waals surface area contributed by atoms with Gasteiger partial charge >= 0.3 is 0 Å². The number of hydrogen-bond acceptors (Lipinski definition) is 3. The molecule has 148 valence electrons. The molecule has 2 heterocycles. The summed E-state index contributed by atoms with van der Waals surface area (Å²) in [6, 6.07) is 16.2. The Labute approximate surface area is 177 Å². The zero-order valence-electron chi connectivity index (χ0n) is 15.6. The van der Waals surface area contributed by atoms with Gasteiger partial charge in [0.2, 0.25) is 0 Å². The molecule has 2 N–H and O–H groups in total. The predicted octanol–water partition coefficient (Wildman–Crippen LogP) is 4.01. The van der Waals surface area contributed by atoms with Crippen LogP contribution in [0.3, 0.4) is 0 Å². The minimum absolute atomic E-state index is 0. The van der Waals surface area contributed by atoms with Gasteiger partial charge in [-0.15, -0.1) is 24.8 Å². The summed E-state index contributed by atoms with van der Waals surface area (Å²) in [4.78, 5) is 14.5. The minimum Gasteiger partial charge on any atom is -0.336 e. The molecule has 7 heteroatoms. The van der Waals surface area contributed by atoms with Gasteiger partial charge in [0.15, 0.2) is 0 Å². The maximum atomic E-state index is 12.6. The van der Waals surface area contributed by atoms with E-state index < -0.39 is 0 Å². The van der Waals surface area contributed by atoms with E-state index >= 15 is 0 Å². The quantitative estimate of drug-likeness (QED) is 0.675. The summed E-state index contributed by atoms with van der Waals surface area (Å²) in [6.45, 7) is 4.47.